The molecule has 106 valence electrons. The number of para-hydroxylation sites is 1. The second kappa shape index (κ2) is 9.69. The van der Waals surface area contributed by atoms with Crippen molar-refractivity contribution in [2.24, 2.45) is 0 Å². The highest BCUT2D eigenvalue weighted by molar-refractivity contribution is 5.76. The molecule has 20 heavy (non-hydrogen) atoms. The van der Waals surface area contributed by atoms with Gasteiger partial charge < -0.3 is 10.1 Å². The van der Waals surface area contributed by atoms with Crippen LogP contribution in [0.5, 0.6) is 5.75 Å². The predicted octanol–water partition coefficient (Wildman–Crippen LogP) is 2.71. The van der Waals surface area contributed by atoms with E-state index in [4.69, 9.17) is 4.74 Å². The van der Waals surface area contributed by atoms with E-state index in [9.17, 15) is 4.79 Å². The number of allylic oxidation sites excluding steroid dienone is 1. The molecule has 1 aromatic carbocycles. The molecule has 0 saturated carbocycles. The zero-order chi connectivity index (χ0) is 14.6. The fourth-order valence-electron chi connectivity index (χ4n) is 1.65. The van der Waals surface area contributed by atoms with Crippen LogP contribution in [-0.4, -0.2) is 19.1 Å². The van der Waals surface area contributed by atoms with Crippen LogP contribution in [0.15, 0.2) is 36.9 Å². The molecule has 1 aromatic rings. The van der Waals surface area contributed by atoms with Gasteiger partial charge in [0.15, 0.2) is 0 Å². The number of nitrogens with one attached hydrogen (secondary N) is 1. The number of benzene rings is 1. The molecule has 0 atom stereocenters. The lowest BCUT2D eigenvalue weighted by atomic mass is 10.1. The molecule has 3 nitrogen and oxygen atoms in total. The van der Waals surface area contributed by atoms with E-state index in [2.05, 4.69) is 23.7 Å². The van der Waals surface area contributed by atoms with Crippen molar-refractivity contribution < 1.29 is 9.53 Å². The van der Waals surface area contributed by atoms with E-state index in [0.717, 1.165) is 24.2 Å². The van der Waals surface area contributed by atoms with Crippen molar-refractivity contribution in [3.63, 3.8) is 0 Å². The second-order valence-corrected chi connectivity index (χ2v) is 4.27. The molecule has 0 heterocycles. The van der Waals surface area contributed by atoms with Crippen LogP contribution in [0.3, 0.4) is 0 Å². The maximum absolute atomic E-state index is 11.2. The van der Waals surface area contributed by atoms with E-state index in [-0.39, 0.29) is 5.91 Å². The molecular weight excluding hydrogens is 250 g/mol. The topological polar surface area (TPSA) is 38.3 Å². The largest absolute Gasteiger partial charge is 0.481 e. The van der Waals surface area contributed by atoms with Crippen LogP contribution < -0.4 is 10.1 Å². The Morgan fingerprint density at radius 1 is 1.40 bits per heavy atom. The van der Waals surface area contributed by atoms with Crippen LogP contribution >= 0.6 is 0 Å². The van der Waals surface area contributed by atoms with Gasteiger partial charge >= 0.3 is 0 Å². The molecule has 0 bridgehead atoms. The number of carbonyl (C=O) groups excluding carboxylic acids is 1. The molecule has 1 amide bonds. The molecule has 0 aromatic heterocycles. The fraction of sp³-hybridized carbons (Fsp3) is 0.353. The maximum atomic E-state index is 11.2. The van der Waals surface area contributed by atoms with Gasteiger partial charge in [0.1, 0.15) is 12.4 Å². The highest BCUT2D eigenvalue weighted by Crippen LogP contribution is 2.18. The highest BCUT2D eigenvalue weighted by Gasteiger charge is 1.99. The van der Waals surface area contributed by atoms with Crippen LogP contribution in [0.4, 0.5) is 0 Å². The normalized spacial score (nSPS) is 9.25. The van der Waals surface area contributed by atoms with Gasteiger partial charge in [-0.1, -0.05) is 43.0 Å². The number of amides is 1. The first-order valence-electron chi connectivity index (χ1n) is 6.82. The first kappa shape index (κ1) is 15.8. The first-order valence-corrected chi connectivity index (χ1v) is 6.82. The zero-order valence-corrected chi connectivity index (χ0v) is 11.9. The SMILES string of the molecule is C=CCc1ccccc1OCC#CCNC(=O)CCC. The summed E-state index contributed by atoms with van der Waals surface area (Å²) in [5, 5.41) is 2.73. The molecule has 0 aliphatic heterocycles. The van der Waals surface area contributed by atoms with E-state index >= 15 is 0 Å². The van der Waals surface area contributed by atoms with Crippen molar-refractivity contribution >= 4 is 5.91 Å². The minimum atomic E-state index is 0.0408. The molecule has 0 spiro atoms. The second-order valence-electron chi connectivity index (χ2n) is 4.27. The molecule has 0 aliphatic carbocycles. The Labute approximate surface area is 121 Å². The Hall–Kier alpha value is -2.21. The van der Waals surface area contributed by atoms with Crippen molar-refractivity contribution in [3.8, 4) is 17.6 Å². The van der Waals surface area contributed by atoms with Crippen molar-refractivity contribution in [2.75, 3.05) is 13.2 Å². The average Bonchev–Trinajstić information content (AvgIpc) is 2.45. The molecule has 0 radical (unpaired) electrons. The maximum Gasteiger partial charge on any atom is 0.220 e. The molecule has 0 unspecified atom stereocenters. The van der Waals surface area contributed by atoms with Gasteiger partial charge in [-0.2, -0.15) is 0 Å². The molecule has 3 heteroatoms. The smallest absolute Gasteiger partial charge is 0.220 e. The van der Waals surface area contributed by atoms with Crippen LogP contribution in [0.2, 0.25) is 0 Å². The standard InChI is InChI=1S/C17H21NO2/c1-3-9-15-11-5-6-12-16(15)20-14-8-7-13-18-17(19)10-4-2/h3,5-6,11-12H,1,4,9-10,13-14H2,2H3,(H,18,19). The van der Waals surface area contributed by atoms with E-state index in [0.29, 0.717) is 19.6 Å². The third kappa shape index (κ3) is 6.10. The number of carbonyl (C=O) groups is 1. The van der Waals surface area contributed by atoms with Crippen LogP contribution in [0, 0.1) is 11.8 Å². The van der Waals surface area contributed by atoms with Crippen molar-refractivity contribution in [2.45, 2.75) is 26.2 Å². The predicted molar refractivity (Wildman–Crippen MR) is 81.5 cm³/mol. The Kier molecular flexibility index (Phi) is 7.67. The lowest BCUT2D eigenvalue weighted by molar-refractivity contribution is -0.120. The van der Waals surface area contributed by atoms with Crippen LogP contribution in [0.1, 0.15) is 25.3 Å². The summed E-state index contributed by atoms with van der Waals surface area (Å²) >= 11 is 0. The van der Waals surface area contributed by atoms with Crippen LogP contribution in [-0.2, 0) is 11.2 Å². The lowest BCUT2D eigenvalue weighted by Crippen LogP contribution is -2.22. The molecule has 1 N–H and O–H groups in total. The third-order valence-electron chi connectivity index (χ3n) is 2.61. The van der Waals surface area contributed by atoms with Gasteiger partial charge in [-0.05, 0) is 24.5 Å². The van der Waals surface area contributed by atoms with Crippen molar-refractivity contribution in [1.82, 2.24) is 5.32 Å². The Morgan fingerprint density at radius 3 is 2.95 bits per heavy atom. The zero-order valence-electron chi connectivity index (χ0n) is 11.9. The molecule has 0 aliphatic rings. The van der Waals surface area contributed by atoms with Crippen LogP contribution in [0.25, 0.3) is 0 Å². The van der Waals surface area contributed by atoms with E-state index in [1.807, 2.05) is 37.3 Å². The third-order valence-corrected chi connectivity index (χ3v) is 2.61. The number of hydrogen-bond donors (Lipinski definition) is 1. The summed E-state index contributed by atoms with van der Waals surface area (Å²) in [7, 11) is 0. The number of hydrogen-bond acceptors (Lipinski definition) is 2. The van der Waals surface area contributed by atoms with E-state index in [1.54, 1.807) is 0 Å². The van der Waals surface area contributed by atoms with Gasteiger partial charge in [0, 0.05) is 6.42 Å². The van der Waals surface area contributed by atoms with Gasteiger partial charge in [-0.25, -0.2) is 0 Å². The number of ether oxygens (including phenoxy) is 1. The summed E-state index contributed by atoms with van der Waals surface area (Å²) in [5.41, 5.74) is 1.10. The van der Waals surface area contributed by atoms with Crippen molar-refractivity contribution in [1.29, 1.82) is 0 Å². The summed E-state index contributed by atoms with van der Waals surface area (Å²) in [6, 6.07) is 7.83. The van der Waals surface area contributed by atoms with Gasteiger partial charge in [-0.3, -0.25) is 4.79 Å². The van der Waals surface area contributed by atoms with Gasteiger partial charge in [0.05, 0.1) is 6.54 Å². The molecule has 0 fully saturated rings. The van der Waals surface area contributed by atoms with Crippen molar-refractivity contribution in [3.05, 3.63) is 42.5 Å². The quantitative estimate of drug-likeness (QED) is 0.611. The van der Waals surface area contributed by atoms with Gasteiger partial charge in [0.2, 0.25) is 5.91 Å². The summed E-state index contributed by atoms with van der Waals surface area (Å²) in [4.78, 5) is 11.2. The van der Waals surface area contributed by atoms with Gasteiger partial charge in [-0.15, -0.1) is 6.58 Å². The Morgan fingerprint density at radius 2 is 2.20 bits per heavy atom. The average molecular weight is 271 g/mol. The minimum absolute atomic E-state index is 0.0408. The van der Waals surface area contributed by atoms with E-state index in [1.165, 1.54) is 0 Å². The Bertz CT molecular complexity index is 497. The molecule has 1 rings (SSSR count). The lowest BCUT2D eigenvalue weighted by Gasteiger charge is -2.07. The van der Waals surface area contributed by atoms with E-state index < -0.39 is 0 Å². The summed E-state index contributed by atoms with van der Waals surface area (Å²) < 4.78 is 5.61. The number of rotatable bonds is 7. The summed E-state index contributed by atoms with van der Waals surface area (Å²) in [5.74, 6) is 6.63. The van der Waals surface area contributed by atoms with Gasteiger partial charge in [0.25, 0.3) is 0 Å². The monoisotopic (exact) mass is 271 g/mol. The fourth-order valence-corrected chi connectivity index (χ4v) is 1.65. The molecule has 0 saturated heterocycles. The summed E-state index contributed by atoms with van der Waals surface area (Å²) in [6.07, 6.45) is 4.02. The minimum Gasteiger partial charge on any atom is -0.481 e. The Balaban J connectivity index is 2.34. The highest BCUT2D eigenvalue weighted by atomic mass is 16.5. The first-order chi connectivity index (χ1) is 9.77. The summed E-state index contributed by atoms with van der Waals surface area (Å²) in [6.45, 7) is 6.39. The molecular formula is C17H21NO2.